The van der Waals surface area contributed by atoms with Crippen LogP contribution in [0.4, 0.5) is 0 Å². The summed E-state index contributed by atoms with van der Waals surface area (Å²) in [5, 5.41) is 7.42. The number of nitrogens with zero attached hydrogens (tertiary/aromatic N) is 2. The molecule has 0 bridgehead atoms. The van der Waals surface area contributed by atoms with Crippen LogP contribution in [0.2, 0.25) is 5.02 Å². The van der Waals surface area contributed by atoms with Crippen molar-refractivity contribution in [1.29, 1.82) is 0 Å². The van der Waals surface area contributed by atoms with Crippen molar-refractivity contribution in [3.05, 3.63) is 16.9 Å². The molecule has 0 saturated carbocycles. The highest BCUT2D eigenvalue weighted by atomic mass is 35.5. The average Bonchev–Trinajstić information content (AvgIpc) is 2.97. The van der Waals surface area contributed by atoms with Gasteiger partial charge in [-0.05, 0) is 26.7 Å². The molecule has 2 heterocycles. The highest BCUT2D eigenvalue weighted by Crippen LogP contribution is 2.17. The fourth-order valence-corrected chi connectivity index (χ4v) is 2.31. The second kappa shape index (κ2) is 5.71. The second-order valence-corrected chi connectivity index (χ2v) is 4.90. The summed E-state index contributed by atoms with van der Waals surface area (Å²) in [5.41, 5.74) is 0.281. The van der Waals surface area contributed by atoms with Crippen LogP contribution in [-0.4, -0.2) is 34.4 Å². The Balaban J connectivity index is 1.99. The summed E-state index contributed by atoms with van der Waals surface area (Å²) in [6.45, 7) is 5.35. The molecule has 1 N–H and O–H groups in total. The summed E-state index contributed by atoms with van der Waals surface area (Å²) in [4.78, 5) is 12.0. The van der Waals surface area contributed by atoms with Crippen molar-refractivity contribution in [2.24, 2.45) is 0 Å². The number of hydrogen-bond acceptors (Lipinski definition) is 3. The van der Waals surface area contributed by atoms with Crippen LogP contribution in [0.1, 0.15) is 37.2 Å². The lowest BCUT2D eigenvalue weighted by Crippen LogP contribution is -2.41. The van der Waals surface area contributed by atoms with Crippen LogP contribution >= 0.6 is 11.6 Å². The van der Waals surface area contributed by atoms with Crippen molar-refractivity contribution in [3.8, 4) is 0 Å². The molecule has 0 unspecified atom stereocenters. The predicted octanol–water partition coefficient (Wildman–Crippen LogP) is 1.85. The van der Waals surface area contributed by atoms with Gasteiger partial charge >= 0.3 is 0 Å². The van der Waals surface area contributed by atoms with Gasteiger partial charge in [0.25, 0.3) is 5.91 Å². The maximum absolute atomic E-state index is 12.0. The van der Waals surface area contributed by atoms with Gasteiger partial charge in [-0.15, -0.1) is 0 Å². The molecule has 18 heavy (non-hydrogen) atoms. The largest absolute Gasteiger partial charge is 0.376 e. The molecular formula is C12H18ClN3O2. The van der Waals surface area contributed by atoms with Crippen LogP contribution in [-0.2, 0) is 11.3 Å². The Morgan fingerprint density at radius 2 is 2.56 bits per heavy atom. The average molecular weight is 272 g/mol. The van der Waals surface area contributed by atoms with Crippen molar-refractivity contribution >= 4 is 17.5 Å². The normalized spacial score (nSPS) is 20.9. The summed E-state index contributed by atoms with van der Waals surface area (Å²) in [6, 6.07) is -0.0251. The van der Waals surface area contributed by atoms with E-state index >= 15 is 0 Å². The molecule has 5 nitrogen and oxygen atoms in total. The third-order valence-electron chi connectivity index (χ3n) is 3.14. The van der Waals surface area contributed by atoms with Crippen LogP contribution in [0.25, 0.3) is 0 Å². The Bertz CT molecular complexity index is 427. The summed E-state index contributed by atoms with van der Waals surface area (Å²) in [7, 11) is 0. The molecule has 0 aromatic carbocycles. The van der Waals surface area contributed by atoms with E-state index < -0.39 is 0 Å². The second-order valence-electron chi connectivity index (χ2n) is 4.49. The Morgan fingerprint density at radius 3 is 3.11 bits per heavy atom. The van der Waals surface area contributed by atoms with Gasteiger partial charge in [0, 0.05) is 19.3 Å². The summed E-state index contributed by atoms with van der Waals surface area (Å²) in [5.74, 6) is -0.241. The number of hydrogen-bond donors (Lipinski definition) is 1. The van der Waals surface area contributed by atoms with E-state index in [9.17, 15) is 4.79 Å². The van der Waals surface area contributed by atoms with Crippen LogP contribution in [0.5, 0.6) is 0 Å². The maximum Gasteiger partial charge on any atom is 0.273 e. The fourth-order valence-electron chi connectivity index (χ4n) is 2.08. The predicted molar refractivity (Wildman–Crippen MR) is 68.8 cm³/mol. The maximum atomic E-state index is 12.0. The van der Waals surface area contributed by atoms with Gasteiger partial charge < -0.3 is 10.1 Å². The number of halogens is 1. The van der Waals surface area contributed by atoms with E-state index in [1.165, 1.54) is 0 Å². The number of carbonyl (C=O) groups excluding carboxylic acids is 1. The lowest BCUT2D eigenvalue weighted by Gasteiger charge is -2.19. The van der Waals surface area contributed by atoms with Crippen LogP contribution < -0.4 is 5.32 Å². The summed E-state index contributed by atoms with van der Waals surface area (Å²) >= 11 is 5.99. The third-order valence-corrected chi connectivity index (χ3v) is 3.41. The molecule has 2 rings (SSSR count). The topological polar surface area (TPSA) is 56.2 Å². The van der Waals surface area contributed by atoms with E-state index in [4.69, 9.17) is 16.3 Å². The Kier molecular flexibility index (Phi) is 4.24. The molecule has 1 aromatic rings. The highest BCUT2D eigenvalue weighted by Gasteiger charge is 2.25. The molecule has 1 aliphatic heterocycles. The number of nitrogens with one attached hydrogen (secondary N) is 1. The van der Waals surface area contributed by atoms with Gasteiger partial charge in [0.2, 0.25) is 0 Å². The van der Waals surface area contributed by atoms with Gasteiger partial charge in [0.1, 0.15) is 0 Å². The first-order valence-electron chi connectivity index (χ1n) is 6.27. The number of amides is 1. The number of aromatic nitrogens is 2. The standard InChI is InChI=1S/C12H18ClN3O2/c1-3-16-7-9(13)11(15-16)12(17)14-8(2)10-5-4-6-18-10/h7-8,10H,3-6H2,1-2H3,(H,14,17)/t8-,10+/m0/s1. The molecule has 1 amide bonds. The molecule has 0 aliphatic carbocycles. The molecule has 0 spiro atoms. The third kappa shape index (κ3) is 2.84. The first-order valence-corrected chi connectivity index (χ1v) is 6.65. The van der Waals surface area contributed by atoms with Gasteiger partial charge in [-0.25, -0.2) is 0 Å². The van der Waals surface area contributed by atoms with E-state index in [2.05, 4.69) is 10.4 Å². The van der Waals surface area contributed by atoms with E-state index in [1.54, 1.807) is 10.9 Å². The molecule has 100 valence electrons. The first kappa shape index (κ1) is 13.4. The minimum Gasteiger partial charge on any atom is -0.376 e. The number of rotatable bonds is 4. The quantitative estimate of drug-likeness (QED) is 0.909. The molecule has 1 aliphatic rings. The smallest absolute Gasteiger partial charge is 0.273 e. The lowest BCUT2D eigenvalue weighted by atomic mass is 10.1. The lowest BCUT2D eigenvalue weighted by molar-refractivity contribution is 0.0709. The van der Waals surface area contributed by atoms with E-state index in [0.717, 1.165) is 19.4 Å². The molecule has 6 heteroatoms. The first-order chi connectivity index (χ1) is 8.61. The summed E-state index contributed by atoms with van der Waals surface area (Å²) in [6.07, 6.45) is 3.79. The highest BCUT2D eigenvalue weighted by molar-refractivity contribution is 6.33. The van der Waals surface area contributed by atoms with Gasteiger partial charge in [-0.1, -0.05) is 11.6 Å². The van der Waals surface area contributed by atoms with Gasteiger partial charge in [-0.2, -0.15) is 5.10 Å². The van der Waals surface area contributed by atoms with E-state index in [1.807, 2.05) is 13.8 Å². The molecule has 1 fully saturated rings. The Hall–Kier alpha value is -1.07. The van der Waals surface area contributed by atoms with Crippen LogP contribution in [0, 0.1) is 0 Å². The van der Waals surface area contributed by atoms with Gasteiger partial charge in [0.05, 0.1) is 17.2 Å². The molecule has 2 atom stereocenters. The molecule has 0 radical (unpaired) electrons. The molecular weight excluding hydrogens is 254 g/mol. The van der Waals surface area contributed by atoms with E-state index in [0.29, 0.717) is 11.6 Å². The zero-order valence-electron chi connectivity index (χ0n) is 10.6. The zero-order chi connectivity index (χ0) is 13.1. The van der Waals surface area contributed by atoms with Crippen molar-refractivity contribution in [1.82, 2.24) is 15.1 Å². The van der Waals surface area contributed by atoms with Crippen molar-refractivity contribution in [3.63, 3.8) is 0 Å². The van der Waals surface area contributed by atoms with Crippen molar-refractivity contribution in [2.45, 2.75) is 45.4 Å². The molecule has 1 aromatic heterocycles. The Labute approximate surface area is 111 Å². The van der Waals surface area contributed by atoms with Gasteiger partial charge in [0.15, 0.2) is 5.69 Å². The van der Waals surface area contributed by atoms with Gasteiger partial charge in [-0.3, -0.25) is 9.48 Å². The number of carbonyl (C=O) groups is 1. The molecule has 1 saturated heterocycles. The summed E-state index contributed by atoms with van der Waals surface area (Å²) < 4.78 is 7.18. The monoisotopic (exact) mass is 271 g/mol. The SMILES string of the molecule is CCn1cc(Cl)c(C(=O)N[C@@H](C)[C@H]2CCCO2)n1. The number of ether oxygens (including phenoxy) is 1. The van der Waals surface area contributed by atoms with Crippen LogP contribution in [0.15, 0.2) is 6.20 Å². The fraction of sp³-hybridized carbons (Fsp3) is 0.667. The zero-order valence-corrected chi connectivity index (χ0v) is 11.4. The minimum atomic E-state index is -0.241. The Morgan fingerprint density at radius 1 is 1.78 bits per heavy atom. The van der Waals surface area contributed by atoms with Crippen molar-refractivity contribution < 1.29 is 9.53 Å². The number of aryl methyl sites for hydroxylation is 1. The van der Waals surface area contributed by atoms with Crippen molar-refractivity contribution in [2.75, 3.05) is 6.61 Å². The minimum absolute atomic E-state index is 0.0251. The van der Waals surface area contributed by atoms with E-state index in [-0.39, 0.29) is 23.7 Å². The van der Waals surface area contributed by atoms with Crippen LogP contribution in [0.3, 0.4) is 0 Å².